The van der Waals surface area contributed by atoms with Gasteiger partial charge in [0.2, 0.25) is 0 Å². The van der Waals surface area contributed by atoms with Gasteiger partial charge in [0, 0.05) is 11.8 Å². The van der Waals surface area contributed by atoms with Gasteiger partial charge in [-0.3, -0.25) is 4.79 Å². The van der Waals surface area contributed by atoms with E-state index in [1.807, 2.05) is 0 Å². The predicted octanol–water partition coefficient (Wildman–Crippen LogP) is 2.65. The molecule has 0 spiro atoms. The van der Waals surface area contributed by atoms with Gasteiger partial charge in [-0.05, 0) is 37.5 Å². The molecule has 0 N–H and O–H groups in total. The molecule has 1 heteroatoms. The van der Waals surface area contributed by atoms with Crippen LogP contribution >= 0.6 is 0 Å². The lowest BCUT2D eigenvalue weighted by Crippen LogP contribution is -2.23. The van der Waals surface area contributed by atoms with Gasteiger partial charge < -0.3 is 0 Å². The standard InChI is InChI=1S/C11H18O/c1-7(2)5-9-4-3-8-6-10(8)11(9)12/h7-10H,3-6H2,1-2H3. The van der Waals surface area contributed by atoms with E-state index in [4.69, 9.17) is 0 Å². The average Bonchev–Trinajstić information content (AvgIpc) is 2.73. The average molecular weight is 166 g/mol. The van der Waals surface area contributed by atoms with Crippen molar-refractivity contribution in [1.82, 2.24) is 0 Å². The summed E-state index contributed by atoms with van der Waals surface area (Å²) >= 11 is 0. The van der Waals surface area contributed by atoms with E-state index in [2.05, 4.69) is 13.8 Å². The molecule has 2 fully saturated rings. The van der Waals surface area contributed by atoms with Crippen LogP contribution in [0.15, 0.2) is 0 Å². The first kappa shape index (κ1) is 8.28. The molecule has 3 atom stereocenters. The van der Waals surface area contributed by atoms with Gasteiger partial charge in [0.15, 0.2) is 0 Å². The lowest BCUT2D eigenvalue weighted by Gasteiger charge is -2.21. The van der Waals surface area contributed by atoms with Crippen LogP contribution in [-0.4, -0.2) is 5.78 Å². The molecule has 2 rings (SSSR count). The third-order valence-corrected chi connectivity index (χ3v) is 3.33. The van der Waals surface area contributed by atoms with Crippen LogP contribution in [0.5, 0.6) is 0 Å². The normalized spacial score (nSPS) is 39.9. The minimum atomic E-state index is 0.425. The van der Waals surface area contributed by atoms with E-state index in [-0.39, 0.29) is 0 Å². The Morgan fingerprint density at radius 3 is 2.83 bits per heavy atom. The number of hydrogen-bond donors (Lipinski definition) is 0. The highest BCUT2D eigenvalue weighted by molar-refractivity contribution is 5.86. The van der Waals surface area contributed by atoms with Crippen LogP contribution < -0.4 is 0 Å². The van der Waals surface area contributed by atoms with Gasteiger partial charge in [0.05, 0.1) is 0 Å². The summed E-state index contributed by atoms with van der Waals surface area (Å²) in [7, 11) is 0. The number of hydrogen-bond acceptors (Lipinski definition) is 1. The fourth-order valence-electron chi connectivity index (χ4n) is 2.58. The summed E-state index contributed by atoms with van der Waals surface area (Å²) in [6, 6.07) is 0. The van der Waals surface area contributed by atoms with Gasteiger partial charge in [0.25, 0.3) is 0 Å². The molecule has 0 heterocycles. The van der Waals surface area contributed by atoms with E-state index in [1.165, 1.54) is 19.3 Å². The van der Waals surface area contributed by atoms with Crippen LogP contribution in [0, 0.1) is 23.7 Å². The zero-order chi connectivity index (χ0) is 8.72. The minimum absolute atomic E-state index is 0.425. The Bertz CT molecular complexity index is 195. The quantitative estimate of drug-likeness (QED) is 0.616. The molecule has 2 saturated carbocycles. The molecule has 0 aromatic rings. The molecule has 0 aliphatic heterocycles. The van der Waals surface area contributed by atoms with Crippen molar-refractivity contribution >= 4 is 5.78 Å². The molecule has 3 unspecified atom stereocenters. The van der Waals surface area contributed by atoms with Gasteiger partial charge in [0.1, 0.15) is 5.78 Å². The molecule has 0 bridgehead atoms. The maximum absolute atomic E-state index is 11.7. The highest BCUT2D eigenvalue weighted by Crippen LogP contribution is 2.50. The van der Waals surface area contributed by atoms with Gasteiger partial charge in [-0.15, -0.1) is 0 Å². The Labute approximate surface area is 74.5 Å². The minimum Gasteiger partial charge on any atom is -0.299 e. The van der Waals surface area contributed by atoms with E-state index >= 15 is 0 Å². The first-order chi connectivity index (χ1) is 5.68. The summed E-state index contributed by atoms with van der Waals surface area (Å²) in [6.07, 6.45) is 4.85. The molecule has 68 valence electrons. The first-order valence-electron chi connectivity index (χ1n) is 5.22. The Morgan fingerprint density at radius 1 is 1.42 bits per heavy atom. The SMILES string of the molecule is CC(C)CC1CCC2CC2C1=O. The number of Topliss-reactive ketones (excluding diaryl/α,β-unsaturated/α-hetero) is 1. The maximum Gasteiger partial charge on any atom is 0.139 e. The molecule has 0 amide bonds. The van der Waals surface area contributed by atoms with Gasteiger partial charge in [-0.2, -0.15) is 0 Å². The highest BCUT2D eigenvalue weighted by Gasteiger charge is 2.48. The van der Waals surface area contributed by atoms with E-state index < -0.39 is 0 Å². The first-order valence-corrected chi connectivity index (χ1v) is 5.22. The van der Waals surface area contributed by atoms with Crippen molar-refractivity contribution in [3.63, 3.8) is 0 Å². The van der Waals surface area contributed by atoms with Crippen molar-refractivity contribution in [2.24, 2.45) is 23.7 Å². The summed E-state index contributed by atoms with van der Waals surface area (Å²) in [6.45, 7) is 4.43. The molecular weight excluding hydrogens is 148 g/mol. The van der Waals surface area contributed by atoms with Gasteiger partial charge in [-0.25, -0.2) is 0 Å². The second-order valence-electron chi connectivity index (χ2n) is 4.91. The topological polar surface area (TPSA) is 17.1 Å². The maximum atomic E-state index is 11.7. The van der Waals surface area contributed by atoms with Crippen LogP contribution in [0.1, 0.15) is 39.5 Å². The van der Waals surface area contributed by atoms with E-state index in [1.54, 1.807) is 0 Å². The van der Waals surface area contributed by atoms with Gasteiger partial charge in [-0.1, -0.05) is 13.8 Å². The Morgan fingerprint density at radius 2 is 2.17 bits per heavy atom. The van der Waals surface area contributed by atoms with E-state index in [9.17, 15) is 4.79 Å². The summed E-state index contributed by atoms with van der Waals surface area (Å²) in [5.41, 5.74) is 0. The highest BCUT2D eigenvalue weighted by atomic mass is 16.1. The number of rotatable bonds is 2. The fourth-order valence-corrected chi connectivity index (χ4v) is 2.58. The molecule has 0 aromatic carbocycles. The van der Waals surface area contributed by atoms with Crippen molar-refractivity contribution in [2.45, 2.75) is 39.5 Å². The van der Waals surface area contributed by atoms with Crippen LogP contribution in [0.25, 0.3) is 0 Å². The molecule has 0 saturated heterocycles. The Hall–Kier alpha value is -0.330. The monoisotopic (exact) mass is 166 g/mol. The van der Waals surface area contributed by atoms with Crippen LogP contribution in [-0.2, 0) is 4.79 Å². The predicted molar refractivity (Wildman–Crippen MR) is 48.8 cm³/mol. The number of carbonyl (C=O) groups excluding carboxylic acids is 1. The van der Waals surface area contributed by atoms with E-state index in [0.29, 0.717) is 23.5 Å². The van der Waals surface area contributed by atoms with Crippen LogP contribution in [0.4, 0.5) is 0 Å². The third-order valence-electron chi connectivity index (χ3n) is 3.33. The largest absolute Gasteiger partial charge is 0.299 e. The summed E-state index contributed by atoms with van der Waals surface area (Å²) in [5, 5.41) is 0. The molecule has 2 aliphatic rings. The smallest absolute Gasteiger partial charge is 0.139 e. The molecule has 1 nitrogen and oxygen atoms in total. The van der Waals surface area contributed by atoms with Crippen molar-refractivity contribution in [1.29, 1.82) is 0 Å². The molecule has 0 aromatic heterocycles. The number of carbonyl (C=O) groups is 1. The van der Waals surface area contributed by atoms with Crippen molar-refractivity contribution in [3.05, 3.63) is 0 Å². The Kier molecular flexibility index (Phi) is 1.97. The van der Waals surface area contributed by atoms with Crippen LogP contribution in [0.3, 0.4) is 0 Å². The van der Waals surface area contributed by atoms with Crippen molar-refractivity contribution in [3.8, 4) is 0 Å². The summed E-state index contributed by atoms with van der Waals surface area (Å²) < 4.78 is 0. The molecule has 12 heavy (non-hydrogen) atoms. The second kappa shape index (κ2) is 2.86. The Balaban J connectivity index is 1.93. The molecular formula is C11H18O. The summed E-state index contributed by atoms with van der Waals surface area (Å²) in [5.74, 6) is 3.02. The summed E-state index contributed by atoms with van der Waals surface area (Å²) in [4.78, 5) is 11.7. The van der Waals surface area contributed by atoms with Crippen molar-refractivity contribution < 1.29 is 4.79 Å². The lowest BCUT2D eigenvalue weighted by atomic mass is 9.83. The molecule has 2 aliphatic carbocycles. The van der Waals surface area contributed by atoms with Crippen LogP contribution in [0.2, 0.25) is 0 Å². The van der Waals surface area contributed by atoms with Crippen molar-refractivity contribution in [2.75, 3.05) is 0 Å². The second-order valence-corrected chi connectivity index (χ2v) is 4.91. The number of ketones is 1. The third kappa shape index (κ3) is 1.41. The molecule has 0 radical (unpaired) electrons. The zero-order valence-electron chi connectivity index (χ0n) is 8.05. The number of fused-ring (bicyclic) bond motifs is 1. The van der Waals surface area contributed by atoms with E-state index in [0.717, 1.165) is 12.3 Å². The fraction of sp³-hybridized carbons (Fsp3) is 0.909. The lowest BCUT2D eigenvalue weighted by molar-refractivity contribution is -0.126. The zero-order valence-corrected chi connectivity index (χ0v) is 8.05. The van der Waals surface area contributed by atoms with Gasteiger partial charge >= 0.3 is 0 Å².